The van der Waals surface area contributed by atoms with E-state index in [2.05, 4.69) is 26.7 Å². The van der Waals surface area contributed by atoms with Crippen LogP contribution in [0.4, 0.5) is 5.69 Å². The number of anilines is 1. The SMILES string of the molecule is N#CC1CCCN1C(=O)C(N)CN1CC2C[C@H]1C(=O)N2c1ccccc1-c1nn[nH]n1. The average molecular weight is 421 g/mol. The number of amides is 2. The molecule has 31 heavy (non-hydrogen) atoms. The Labute approximate surface area is 178 Å². The highest BCUT2D eigenvalue weighted by molar-refractivity contribution is 6.04. The van der Waals surface area contributed by atoms with Gasteiger partial charge in [0.15, 0.2) is 0 Å². The lowest BCUT2D eigenvalue weighted by atomic mass is 10.1. The van der Waals surface area contributed by atoms with E-state index in [1.54, 1.807) is 4.90 Å². The van der Waals surface area contributed by atoms with Gasteiger partial charge in [-0.15, -0.1) is 10.2 Å². The first kappa shape index (κ1) is 19.6. The minimum Gasteiger partial charge on any atom is -0.325 e. The zero-order valence-electron chi connectivity index (χ0n) is 16.9. The van der Waals surface area contributed by atoms with Crippen molar-refractivity contribution in [2.45, 2.75) is 43.4 Å². The number of nitrogens with one attached hydrogen (secondary N) is 1. The van der Waals surface area contributed by atoms with E-state index in [1.807, 2.05) is 34.1 Å². The van der Waals surface area contributed by atoms with Crippen LogP contribution in [0.2, 0.25) is 0 Å². The Morgan fingerprint density at radius 3 is 2.97 bits per heavy atom. The third-order valence-electron chi connectivity index (χ3n) is 6.45. The molecule has 0 radical (unpaired) electrons. The van der Waals surface area contributed by atoms with Crippen LogP contribution >= 0.6 is 0 Å². The summed E-state index contributed by atoms with van der Waals surface area (Å²) in [5, 5.41) is 23.4. The largest absolute Gasteiger partial charge is 0.325 e. The van der Waals surface area contributed by atoms with E-state index in [1.165, 1.54) is 0 Å². The monoisotopic (exact) mass is 421 g/mol. The molecule has 2 aromatic rings. The number of nitrogens with two attached hydrogens (primary N) is 1. The van der Waals surface area contributed by atoms with Crippen molar-refractivity contribution in [1.82, 2.24) is 30.4 Å². The third-order valence-corrected chi connectivity index (χ3v) is 6.45. The van der Waals surface area contributed by atoms with E-state index in [0.717, 1.165) is 17.7 Å². The number of carbonyl (C=O) groups is 2. The maximum Gasteiger partial charge on any atom is 0.244 e. The van der Waals surface area contributed by atoms with Gasteiger partial charge in [0.2, 0.25) is 17.6 Å². The molecule has 1 aromatic heterocycles. The summed E-state index contributed by atoms with van der Waals surface area (Å²) in [5.74, 6) is 0.217. The van der Waals surface area contributed by atoms with Crippen molar-refractivity contribution < 1.29 is 9.59 Å². The number of carbonyl (C=O) groups excluding carboxylic acids is 2. The summed E-state index contributed by atoms with van der Waals surface area (Å²) in [7, 11) is 0. The number of tetrazole rings is 1. The molecule has 4 atom stereocenters. The molecule has 3 aliphatic heterocycles. The molecule has 3 unspecified atom stereocenters. The van der Waals surface area contributed by atoms with Gasteiger partial charge in [-0.25, -0.2) is 0 Å². The van der Waals surface area contributed by atoms with Gasteiger partial charge < -0.3 is 15.5 Å². The van der Waals surface area contributed by atoms with Crippen molar-refractivity contribution >= 4 is 17.5 Å². The van der Waals surface area contributed by atoms with Crippen LogP contribution in [0.1, 0.15) is 19.3 Å². The number of nitrogens with zero attached hydrogens (tertiary/aromatic N) is 7. The van der Waals surface area contributed by atoms with Crippen LogP contribution in [0.15, 0.2) is 24.3 Å². The van der Waals surface area contributed by atoms with Gasteiger partial charge in [-0.05, 0) is 36.6 Å². The fourth-order valence-electron chi connectivity index (χ4n) is 5.04. The summed E-state index contributed by atoms with van der Waals surface area (Å²) in [6, 6.07) is 8.22. The highest BCUT2D eigenvalue weighted by atomic mass is 16.2. The molecule has 4 heterocycles. The first-order valence-corrected chi connectivity index (χ1v) is 10.4. The molecule has 0 aliphatic carbocycles. The van der Waals surface area contributed by atoms with Crippen molar-refractivity contribution in [2.75, 3.05) is 24.5 Å². The average Bonchev–Trinajstić information content (AvgIpc) is 3.57. The Morgan fingerprint density at radius 1 is 1.39 bits per heavy atom. The van der Waals surface area contributed by atoms with Crippen LogP contribution in [0.5, 0.6) is 0 Å². The van der Waals surface area contributed by atoms with Crippen LogP contribution in [0.3, 0.4) is 0 Å². The summed E-state index contributed by atoms with van der Waals surface area (Å²) in [6.07, 6.45) is 2.19. The molecule has 3 saturated heterocycles. The zero-order chi connectivity index (χ0) is 21.5. The van der Waals surface area contributed by atoms with Gasteiger partial charge in [-0.2, -0.15) is 10.5 Å². The molecule has 5 rings (SSSR count). The number of piperazine rings is 1. The zero-order valence-corrected chi connectivity index (χ0v) is 16.9. The molecule has 3 N–H and O–H groups in total. The van der Waals surface area contributed by atoms with Crippen LogP contribution in [0, 0.1) is 11.3 Å². The quantitative estimate of drug-likeness (QED) is 0.656. The van der Waals surface area contributed by atoms with Gasteiger partial charge in [0, 0.05) is 25.2 Å². The number of benzene rings is 1. The van der Waals surface area contributed by atoms with Crippen LogP contribution in [-0.2, 0) is 9.59 Å². The standard InChI is InChI=1S/C20H23N9O2/c21-9-12-4-3-7-28(12)19(30)15(22)11-27-10-13-8-17(27)20(31)29(13)16-6-2-1-5-14(16)18-23-25-26-24-18/h1-2,5-6,12-13,15,17H,3-4,7-8,10-11,22H2,(H,23,24,25,26)/t12?,13?,15?,17-/m0/s1. The minimum atomic E-state index is -0.749. The Bertz CT molecular complexity index is 1030. The van der Waals surface area contributed by atoms with Crippen LogP contribution in [-0.4, -0.2) is 86.0 Å². The lowest BCUT2D eigenvalue weighted by Gasteiger charge is -2.36. The topological polar surface area (TPSA) is 148 Å². The Morgan fingerprint density at radius 2 is 2.23 bits per heavy atom. The van der Waals surface area contributed by atoms with Gasteiger partial charge in [0.05, 0.1) is 29.9 Å². The number of hydrogen-bond acceptors (Lipinski definition) is 8. The highest BCUT2D eigenvalue weighted by Crippen LogP contribution is 2.39. The normalized spacial score (nSPS) is 26.5. The number of nitriles is 1. The minimum absolute atomic E-state index is 0.00787. The van der Waals surface area contributed by atoms with E-state index < -0.39 is 12.1 Å². The molecular formula is C20H23N9O2. The first-order chi connectivity index (χ1) is 15.1. The fourth-order valence-corrected chi connectivity index (χ4v) is 5.04. The summed E-state index contributed by atoms with van der Waals surface area (Å²) >= 11 is 0. The molecule has 1 aromatic carbocycles. The highest BCUT2D eigenvalue weighted by Gasteiger charge is 2.51. The Hall–Kier alpha value is -3.36. The van der Waals surface area contributed by atoms with E-state index in [0.29, 0.717) is 38.3 Å². The number of aromatic amines is 1. The fraction of sp³-hybridized carbons (Fsp3) is 0.500. The van der Waals surface area contributed by atoms with Crippen molar-refractivity contribution in [1.29, 1.82) is 5.26 Å². The number of hydrogen-bond donors (Lipinski definition) is 2. The van der Waals surface area contributed by atoms with Crippen molar-refractivity contribution in [3.8, 4) is 17.5 Å². The lowest BCUT2D eigenvalue weighted by Crippen LogP contribution is -2.56. The molecular weight excluding hydrogens is 398 g/mol. The van der Waals surface area contributed by atoms with Gasteiger partial charge in [-0.1, -0.05) is 12.1 Å². The first-order valence-electron chi connectivity index (χ1n) is 10.4. The van der Waals surface area contributed by atoms with Crippen LogP contribution in [0.25, 0.3) is 11.4 Å². The molecule has 2 bridgehead atoms. The van der Waals surface area contributed by atoms with Gasteiger partial charge in [0.25, 0.3) is 0 Å². The number of rotatable bonds is 5. The van der Waals surface area contributed by atoms with E-state index >= 15 is 0 Å². The third kappa shape index (κ3) is 3.24. The second-order valence-corrected chi connectivity index (χ2v) is 8.25. The summed E-state index contributed by atoms with van der Waals surface area (Å²) in [5.41, 5.74) is 7.71. The van der Waals surface area contributed by atoms with E-state index in [4.69, 9.17) is 5.73 Å². The van der Waals surface area contributed by atoms with Crippen molar-refractivity contribution in [2.24, 2.45) is 5.73 Å². The molecule has 160 valence electrons. The summed E-state index contributed by atoms with van der Waals surface area (Å²) in [6.45, 7) is 1.51. The molecule has 2 amide bonds. The number of H-pyrrole nitrogens is 1. The van der Waals surface area contributed by atoms with Crippen molar-refractivity contribution in [3.05, 3.63) is 24.3 Å². The molecule has 0 spiro atoms. The molecule has 0 saturated carbocycles. The predicted molar refractivity (Wildman–Crippen MR) is 109 cm³/mol. The summed E-state index contributed by atoms with van der Waals surface area (Å²) < 4.78 is 0. The van der Waals surface area contributed by atoms with Gasteiger partial charge in [0.1, 0.15) is 6.04 Å². The van der Waals surface area contributed by atoms with Crippen molar-refractivity contribution in [3.63, 3.8) is 0 Å². The second kappa shape index (κ2) is 7.72. The number of para-hydroxylation sites is 1. The Balaban J connectivity index is 1.30. The second-order valence-electron chi connectivity index (χ2n) is 8.25. The Kier molecular flexibility index (Phi) is 4.88. The molecule has 3 aliphatic rings. The van der Waals surface area contributed by atoms with E-state index in [9.17, 15) is 14.9 Å². The maximum absolute atomic E-state index is 13.2. The van der Waals surface area contributed by atoms with Crippen LogP contribution < -0.4 is 10.6 Å². The number of fused-ring (bicyclic) bond motifs is 2. The molecule has 11 heteroatoms. The van der Waals surface area contributed by atoms with E-state index in [-0.39, 0.29) is 23.9 Å². The maximum atomic E-state index is 13.2. The number of aromatic nitrogens is 4. The predicted octanol–water partition coefficient (Wildman–Crippen LogP) is -0.502. The smallest absolute Gasteiger partial charge is 0.244 e. The lowest BCUT2D eigenvalue weighted by molar-refractivity contribution is -0.134. The molecule has 11 nitrogen and oxygen atoms in total. The van der Waals surface area contributed by atoms with Gasteiger partial charge >= 0.3 is 0 Å². The summed E-state index contributed by atoms with van der Waals surface area (Å²) in [4.78, 5) is 31.4. The number of likely N-dealkylation sites (tertiary alicyclic amines) is 2. The van der Waals surface area contributed by atoms with Gasteiger partial charge in [-0.3, -0.25) is 14.5 Å². The molecule has 3 fully saturated rings.